The number of ether oxygens (including phenoxy) is 2. The van der Waals surface area contributed by atoms with E-state index in [-0.39, 0.29) is 18.9 Å². The Morgan fingerprint density at radius 1 is 1.48 bits per heavy atom. The first-order valence-electron chi connectivity index (χ1n) is 7.65. The van der Waals surface area contributed by atoms with E-state index in [1.165, 1.54) is 17.0 Å². The van der Waals surface area contributed by atoms with E-state index in [9.17, 15) is 19.1 Å². The average Bonchev–Trinajstić information content (AvgIpc) is 3.05. The van der Waals surface area contributed by atoms with Crippen LogP contribution in [-0.2, 0) is 9.53 Å². The van der Waals surface area contributed by atoms with E-state index in [1.807, 2.05) is 6.92 Å². The molecule has 0 spiro atoms. The molecule has 1 aromatic carbocycles. The van der Waals surface area contributed by atoms with Crippen LogP contribution in [-0.4, -0.2) is 41.3 Å². The number of unbranched alkanes of at least 4 members (excludes halogenated alkanes) is 1. The van der Waals surface area contributed by atoms with E-state index in [0.29, 0.717) is 5.56 Å². The second-order valence-corrected chi connectivity index (χ2v) is 5.75. The molecule has 1 amide bonds. The number of carbonyl (C=O) groups is 2. The van der Waals surface area contributed by atoms with Gasteiger partial charge in [-0.25, -0.2) is 9.18 Å². The van der Waals surface area contributed by atoms with Gasteiger partial charge in [0.15, 0.2) is 11.6 Å². The van der Waals surface area contributed by atoms with Gasteiger partial charge in [0.1, 0.15) is 18.1 Å². The number of para-hydroxylation sites is 1. The Balaban J connectivity index is 1.88. The summed E-state index contributed by atoms with van der Waals surface area (Å²) < 4.78 is 24.6. The average molecular weight is 323 g/mol. The fraction of sp³-hybridized carbons (Fsp3) is 0.500. The van der Waals surface area contributed by atoms with E-state index >= 15 is 0 Å². The second-order valence-electron chi connectivity index (χ2n) is 5.75. The molecule has 3 rings (SSSR count). The summed E-state index contributed by atoms with van der Waals surface area (Å²) >= 11 is 0. The number of likely N-dealkylation sites (tertiary alicyclic amines) is 1. The zero-order valence-corrected chi connectivity index (χ0v) is 12.7. The molecule has 124 valence electrons. The summed E-state index contributed by atoms with van der Waals surface area (Å²) in [5.74, 6) is -2.51. The van der Waals surface area contributed by atoms with Crippen molar-refractivity contribution in [2.75, 3.05) is 13.2 Å². The molecule has 23 heavy (non-hydrogen) atoms. The van der Waals surface area contributed by atoms with Crippen LogP contribution in [0.3, 0.4) is 0 Å². The van der Waals surface area contributed by atoms with E-state index in [2.05, 4.69) is 0 Å². The topological polar surface area (TPSA) is 76.1 Å². The number of carbonyl (C=O) groups excluding carboxylic acids is 1. The molecular weight excluding hydrogens is 305 g/mol. The summed E-state index contributed by atoms with van der Waals surface area (Å²) in [5.41, 5.74) is 0.492. The first-order valence-corrected chi connectivity index (χ1v) is 7.65. The SMILES string of the molecule is CCCCOC(=O)N1C[C@@H](C(=O)O)[C@@H]2Oc3c(F)cccc3[C@@H]21. The van der Waals surface area contributed by atoms with Gasteiger partial charge < -0.3 is 14.6 Å². The third-order valence-electron chi connectivity index (χ3n) is 4.28. The minimum Gasteiger partial charge on any atom is -0.483 e. The number of rotatable bonds is 4. The Bertz CT molecular complexity index is 635. The predicted octanol–water partition coefficient (Wildman–Crippen LogP) is 2.58. The highest BCUT2D eigenvalue weighted by Crippen LogP contribution is 2.48. The maximum absolute atomic E-state index is 13.9. The molecule has 0 aromatic heterocycles. The Labute approximate surface area is 132 Å². The second kappa shape index (κ2) is 6.06. The van der Waals surface area contributed by atoms with E-state index in [0.717, 1.165) is 12.8 Å². The largest absolute Gasteiger partial charge is 0.483 e. The third kappa shape index (κ3) is 2.60. The van der Waals surface area contributed by atoms with Crippen molar-refractivity contribution in [1.82, 2.24) is 4.90 Å². The number of amides is 1. The molecule has 0 saturated carbocycles. The zero-order chi connectivity index (χ0) is 16.6. The molecule has 0 bridgehead atoms. The summed E-state index contributed by atoms with van der Waals surface area (Å²) in [7, 11) is 0. The quantitative estimate of drug-likeness (QED) is 0.862. The van der Waals surface area contributed by atoms with Crippen molar-refractivity contribution in [2.24, 2.45) is 5.92 Å². The lowest BCUT2D eigenvalue weighted by Gasteiger charge is -2.22. The molecule has 2 aliphatic rings. The normalized spacial score (nSPS) is 24.8. The van der Waals surface area contributed by atoms with Crippen molar-refractivity contribution in [3.05, 3.63) is 29.6 Å². The van der Waals surface area contributed by atoms with Gasteiger partial charge in [-0.2, -0.15) is 0 Å². The minimum atomic E-state index is -1.07. The number of benzene rings is 1. The highest BCUT2D eigenvalue weighted by Gasteiger charge is 2.55. The summed E-state index contributed by atoms with van der Waals surface area (Å²) in [5, 5.41) is 9.37. The van der Waals surface area contributed by atoms with Gasteiger partial charge in [-0.3, -0.25) is 9.69 Å². The Morgan fingerprint density at radius 3 is 2.96 bits per heavy atom. The van der Waals surface area contributed by atoms with Gasteiger partial charge in [-0.15, -0.1) is 0 Å². The number of hydrogen-bond donors (Lipinski definition) is 1. The van der Waals surface area contributed by atoms with Crippen molar-refractivity contribution in [1.29, 1.82) is 0 Å². The van der Waals surface area contributed by atoms with Gasteiger partial charge in [-0.05, 0) is 12.5 Å². The number of hydrogen-bond acceptors (Lipinski definition) is 4. The van der Waals surface area contributed by atoms with Gasteiger partial charge in [0.2, 0.25) is 0 Å². The summed E-state index contributed by atoms with van der Waals surface area (Å²) in [6, 6.07) is 3.80. The summed E-state index contributed by atoms with van der Waals surface area (Å²) in [6.07, 6.45) is 0.238. The summed E-state index contributed by atoms with van der Waals surface area (Å²) in [6.45, 7) is 2.24. The standard InChI is InChI=1S/C16H18FNO5/c1-2-3-7-22-16(21)18-8-10(15(19)20)14-12(18)9-5-4-6-11(17)13(9)23-14/h4-6,10,12,14H,2-3,7-8H2,1H3,(H,19,20)/t10-,12+,14+/m1/s1. The van der Waals surface area contributed by atoms with Gasteiger partial charge in [-0.1, -0.05) is 25.5 Å². The molecule has 6 nitrogen and oxygen atoms in total. The van der Waals surface area contributed by atoms with Crippen LogP contribution in [0, 0.1) is 11.7 Å². The lowest BCUT2D eigenvalue weighted by molar-refractivity contribution is -0.143. The van der Waals surface area contributed by atoms with Gasteiger partial charge in [0, 0.05) is 12.1 Å². The molecule has 1 fully saturated rings. The first kappa shape index (κ1) is 15.6. The van der Waals surface area contributed by atoms with Crippen molar-refractivity contribution >= 4 is 12.1 Å². The smallest absolute Gasteiger partial charge is 0.410 e. The monoisotopic (exact) mass is 323 g/mol. The number of aliphatic carboxylic acids is 1. The van der Waals surface area contributed by atoms with E-state index < -0.39 is 35.9 Å². The molecule has 2 heterocycles. The maximum atomic E-state index is 13.9. The summed E-state index contributed by atoms with van der Waals surface area (Å²) in [4.78, 5) is 25.1. The lowest BCUT2D eigenvalue weighted by atomic mass is 9.99. The van der Waals surface area contributed by atoms with E-state index in [1.54, 1.807) is 6.07 Å². The highest BCUT2D eigenvalue weighted by molar-refractivity contribution is 5.76. The third-order valence-corrected chi connectivity index (χ3v) is 4.28. The molecule has 2 aliphatic heterocycles. The number of halogens is 1. The van der Waals surface area contributed by atoms with Crippen LogP contribution in [0.4, 0.5) is 9.18 Å². The Kier molecular flexibility index (Phi) is 4.11. The van der Waals surface area contributed by atoms with E-state index in [4.69, 9.17) is 9.47 Å². The minimum absolute atomic E-state index is 0.00835. The maximum Gasteiger partial charge on any atom is 0.410 e. The molecule has 0 aliphatic carbocycles. The van der Waals surface area contributed by atoms with Crippen molar-refractivity contribution in [3.8, 4) is 5.75 Å². The van der Waals surface area contributed by atoms with Crippen LogP contribution >= 0.6 is 0 Å². The van der Waals surface area contributed by atoms with Gasteiger partial charge >= 0.3 is 12.1 Å². The van der Waals surface area contributed by atoms with Crippen LogP contribution < -0.4 is 4.74 Å². The molecule has 0 radical (unpaired) electrons. The molecule has 1 saturated heterocycles. The van der Waals surface area contributed by atoms with Crippen LogP contribution in [0.2, 0.25) is 0 Å². The van der Waals surface area contributed by atoms with Crippen LogP contribution in [0.15, 0.2) is 18.2 Å². The fourth-order valence-corrected chi connectivity index (χ4v) is 3.13. The fourth-order valence-electron chi connectivity index (χ4n) is 3.13. The van der Waals surface area contributed by atoms with Crippen molar-refractivity contribution in [2.45, 2.75) is 31.9 Å². The van der Waals surface area contributed by atoms with Crippen molar-refractivity contribution in [3.63, 3.8) is 0 Å². The molecule has 1 N–H and O–H groups in total. The Morgan fingerprint density at radius 2 is 2.26 bits per heavy atom. The van der Waals surface area contributed by atoms with Crippen LogP contribution in [0.5, 0.6) is 5.75 Å². The Hall–Kier alpha value is -2.31. The zero-order valence-electron chi connectivity index (χ0n) is 12.7. The molecule has 3 atom stereocenters. The predicted molar refractivity (Wildman–Crippen MR) is 77.6 cm³/mol. The highest BCUT2D eigenvalue weighted by atomic mass is 19.1. The van der Waals surface area contributed by atoms with Gasteiger partial charge in [0.25, 0.3) is 0 Å². The number of nitrogens with zero attached hydrogens (tertiary/aromatic N) is 1. The molecule has 0 unspecified atom stereocenters. The number of carboxylic acids is 1. The molecular formula is C16H18FNO5. The molecule has 7 heteroatoms. The van der Waals surface area contributed by atoms with Gasteiger partial charge in [0.05, 0.1) is 6.61 Å². The van der Waals surface area contributed by atoms with Crippen LogP contribution in [0.25, 0.3) is 0 Å². The number of fused-ring (bicyclic) bond motifs is 3. The lowest BCUT2D eigenvalue weighted by Crippen LogP contribution is -2.32. The molecule has 1 aromatic rings. The number of carboxylic acid groups (broad SMARTS) is 1. The van der Waals surface area contributed by atoms with Crippen LogP contribution in [0.1, 0.15) is 31.4 Å². The first-order chi connectivity index (χ1) is 11.0. The van der Waals surface area contributed by atoms with Crippen molar-refractivity contribution < 1.29 is 28.6 Å².